The maximum absolute atomic E-state index is 13.0. The van der Waals surface area contributed by atoms with Gasteiger partial charge in [0.2, 0.25) is 0 Å². The Morgan fingerprint density at radius 2 is 2.21 bits per heavy atom. The third kappa shape index (κ3) is 4.21. The van der Waals surface area contributed by atoms with Crippen LogP contribution in [0, 0.1) is 11.7 Å². The van der Waals surface area contributed by atoms with Gasteiger partial charge < -0.3 is 10.6 Å². The summed E-state index contributed by atoms with van der Waals surface area (Å²) in [6.45, 7) is 2.76. The molecule has 5 nitrogen and oxygen atoms in total. The maximum atomic E-state index is 13.0. The molecular formula is C17H20BrFN4O. The highest BCUT2D eigenvalue weighted by atomic mass is 79.9. The standard InChI is InChI=1S/C17H20BrFN4O/c18-15-11-23(14-5-3-13(19)4-6-14)22-16(15)17(24)21-9-7-12-2-1-8-20-10-12/h3-6,11-12,20H,1-2,7-10H2,(H,21,24). The van der Waals surface area contributed by atoms with E-state index in [2.05, 4.69) is 31.7 Å². The summed E-state index contributed by atoms with van der Waals surface area (Å²) < 4.78 is 15.2. The molecule has 1 fully saturated rings. The molecule has 0 saturated carbocycles. The summed E-state index contributed by atoms with van der Waals surface area (Å²) in [4.78, 5) is 12.3. The van der Waals surface area contributed by atoms with Gasteiger partial charge in [0.15, 0.2) is 5.69 Å². The van der Waals surface area contributed by atoms with Crippen molar-refractivity contribution in [1.82, 2.24) is 20.4 Å². The highest BCUT2D eigenvalue weighted by Crippen LogP contribution is 2.19. The molecule has 3 rings (SSSR count). The molecule has 0 spiro atoms. The Balaban J connectivity index is 1.59. The number of hydrogen-bond donors (Lipinski definition) is 2. The van der Waals surface area contributed by atoms with Gasteiger partial charge in [-0.05, 0) is 78.5 Å². The van der Waals surface area contributed by atoms with Crippen LogP contribution in [0.1, 0.15) is 29.8 Å². The van der Waals surface area contributed by atoms with Crippen molar-refractivity contribution in [3.8, 4) is 5.69 Å². The first-order chi connectivity index (χ1) is 11.6. The normalized spacial score (nSPS) is 17.7. The number of benzene rings is 1. The number of hydrogen-bond acceptors (Lipinski definition) is 3. The summed E-state index contributed by atoms with van der Waals surface area (Å²) in [5.41, 5.74) is 1.03. The minimum atomic E-state index is -0.305. The number of aromatic nitrogens is 2. The van der Waals surface area contributed by atoms with Crippen molar-refractivity contribution >= 4 is 21.8 Å². The van der Waals surface area contributed by atoms with Crippen LogP contribution in [0.25, 0.3) is 5.69 Å². The molecule has 24 heavy (non-hydrogen) atoms. The topological polar surface area (TPSA) is 59.0 Å². The lowest BCUT2D eigenvalue weighted by molar-refractivity contribution is 0.0944. The van der Waals surface area contributed by atoms with Crippen molar-refractivity contribution in [3.63, 3.8) is 0 Å². The van der Waals surface area contributed by atoms with E-state index >= 15 is 0 Å². The summed E-state index contributed by atoms with van der Waals surface area (Å²) in [6, 6.07) is 5.96. The lowest BCUT2D eigenvalue weighted by Gasteiger charge is -2.22. The second-order valence-corrected chi connectivity index (χ2v) is 6.86. The first-order valence-corrected chi connectivity index (χ1v) is 8.93. The van der Waals surface area contributed by atoms with E-state index in [4.69, 9.17) is 0 Å². The molecule has 7 heteroatoms. The average molecular weight is 395 g/mol. The number of piperidine rings is 1. The number of nitrogens with zero attached hydrogens (tertiary/aromatic N) is 2. The number of carbonyl (C=O) groups excluding carboxylic acids is 1. The molecule has 1 aromatic carbocycles. The zero-order valence-electron chi connectivity index (χ0n) is 13.3. The molecule has 1 aromatic heterocycles. The predicted octanol–water partition coefficient (Wildman–Crippen LogP) is 2.89. The van der Waals surface area contributed by atoms with E-state index in [-0.39, 0.29) is 11.7 Å². The number of amides is 1. The SMILES string of the molecule is O=C(NCCC1CCCNC1)c1nn(-c2ccc(F)cc2)cc1Br. The Hall–Kier alpha value is -1.73. The maximum Gasteiger partial charge on any atom is 0.272 e. The van der Waals surface area contributed by atoms with Crippen LogP contribution in [0.15, 0.2) is 34.9 Å². The van der Waals surface area contributed by atoms with Gasteiger partial charge in [-0.3, -0.25) is 4.79 Å². The van der Waals surface area contributed by atoms with Crippen molar-refractivity contribution in [2.24, 2.45) is 5.92 Å². The highest BCUT2D eigenvalue weighted by Gasteiger charge is 2.17. The lowest BCUT2D eigenvalue weighted by Crippen LogP contribution is -2.33. The Labute approximate surface area is 148 Å². The van der Waals surface area contributed by atoms with E-state index in [1.807, 2.05) is 0 Å². The van der Waals surface area contributed by atoms with Gasteiger partial charge in [-0.25, -0.2) is 9.07 Å². The molecule has 0 aliphatic carbocycles. The fraction of sp³-hybridized carbons (Fsp3) is 0.412. The van der Waals surface area contributed by atoms with Crippen LogP contribution in [0.3, 0.4) is 0 Å². The molecular weight excluding hydrogens is 375 g/mol. The molecule has 2 N–H and O–H groups in total. The van der Waals surface area contributed by atoms with Crippen molar-refractivity contribution in [2.45, 2.75) is 19.3 Å². The largest absolute Gasteiger partial charge is 0.351 e. The van der Waals surface area contributed by atoms with E-state index in [1.165, 1.54) is 25.0 Å². The quantitative estimate of drug-likeness (QED) is 0.819. The monoisotopic (exact) mass is 394 g/mol. The van der Waals surface area contributed by atoms with Crippen LogP contribution in [0.2, 0.25) is 0 Å². The summed E-state index contributed by atoms with van der Waals surface area (Å²) in [5.74, 6) is 0.117. The highest BCUT2D eigenvalue weighted by molar-refractivity contribution is 9.10. The van der Waals surface area contributed by atoms with Crippen LogP contribution < -0.4 is 10.6 Å². The Morgan fingerprint density at radius 1 is 1.42 bits per heavy atom. The molecule has 1 saturated heterocycles. The summed E-state index contributed by atoms with van der Waals surface area (Å²) in [7, 11) is 0. The summed E-state index contributed by atoms with van der Waals surface area (Å²) in [6.07, 6.45) is 5.08. The van der Waals surface area contributed by atoms with E-state index in [9.17, 15) is 9.18 Å². The van der Waals surface area contributed by atoms with E-state index in [1.54, 1.807) is 23.0 Å². The minimum Gasteiger partial charge on any atom is -0.351 e. The van der Waals surface area contributed by atoms with Crippen molar-refractivity contribution in [2.75, 3.05) is 19.6 Å². The number of carbonyl (C=O) groups is 1. The molecule has 1 amide bonds. The van der Waals surface area contributed by atoms with Gasteiger partial charge in [0, 0.05) is 12.7 Å². The Bertz CT molecular complexity index is 695. The number of nitrogens with one attached hydrogen (secondary N) is 2. The fourth-order valence-electron chi connectivity index (χ4n) is 2.88. The van der Waals surface area contributed by atoms with Crippen molar-refractivity contribution in [3.05, 3.63) is 46.4 Å². The smallest absolute Gasteiger partial charge is 0.272 e. The van der Waals surface area contributed by atoms with Crippen LogP contribution in [0.4, 0.5) is 4.39 Å². The third-order valence-corrected chi connectivity index (χ3v) is 4.79. The van der Waals surface area contributed by atoms with E-state index < -0.39 is 0 Å². The fourth-order valence-corrected chi connectivity index (χ4v) is 3.33. The zero-order valence-corrected chi connectivity index (χ0v) is 14.9. The van der Waals surface area contributed by atoms with Crippen molar-refractivity contribution < 1.29 is 9.18 Å². The van der Waals surface area contributed by atoms with Gasteiger partial charge in [0.1, 0.15) is 5.82 Å². The number of halogens is 2. The summed E-state index contributed by atoms with van der Waals surface area (Å²) in [5, 5.41) is 10.6. The second-order valence-electron chi connectivity index (χ2n) is 6.00. The Kier molecular flexibility index (Phi) is 5.63. The van der Waals surface area contributed by atoms with Crippen LogP contribution >= 0.6 is 15.9 Å². The van der Waals surface area contributed by atoms with Gasteiger partial charge in [-0.15, -0.1) is 0 Å². The van der Waals surface area contributed by atoms with E-state index in [0.717, 1.165) is 19.5 Å². The first kappa shape index (κ1) is 17.1. The predicted molar refractivity (Wildman–Crippen MR) is 93.8 cm³/mol. The zero-order chi connectivity index (χ0) is 16.9. The first-order valence-electron chi connectivity index (χ1n) is 8.13. The Morgan fingerprint density at radius 3 is 2.92 bits per heavy atom. The minimum absolute atomic E-state index is 0.202. The molecule has 2 aromatic rings. The lowest BCUT2D eigenvalue weighted by atomic mass is 9.96. The molecule has 0 radical (unpaired) electrons. The molecule has 1 atom stereocenters. The van der Waals surface area contributed by atoms with E-state index in [0.29, 0.717) is 28.3 Å². The molecule has 128 valence electrons. The van der Waals surface area contributed by atoms with Gasteiger partial charge in [0.25, 0.3) is 5.91 Å². The van der Waals surface area contributed by atoms with Gasteiger partial charge in [-0.1, -0.05) is 0 Å². The van der Waals surface area contributed by atoms with Crippen LogP contribution in [-0.4, -0.2) is 35.3 Å². The number of rotatable bonds is 5. The third-order valence-electron chi connectivity index (χ3n) is 4.21. The molecule has 2 heterocycles. The van der Waals surface area contributed by atoms with Crippen molar-refractivity contribution in [1.29, 1.82) is 0 Å². The van der Waals surface area contributed by atoms with Gasteiger partial charge in [0.05, 0.1) is 10.2 Å². The molecule has 1 aliphatic rings. The summed E-state index contributed by atoms with van der Waals surface area (Å²) >= 11 is 3.37. The average Bonchev–Trinajstić information content (AvgIpc) is 2.98. The molecule has 0 bridgehead atoms. The second kappa shape index (κ2) is 7.90. The van der Waals surface area contributed by atoms with Crippen LogP contribution in [0.5, 0.6) is 0 Å². The molecule has 1 unspecified atom stereocenters. The van der Waals surface area contributed by atoms with Gasteiger partial charge in [-0.2, -0.15) is 5.10 Å². The van der Waals surface area contributed by atoms with Crippen LogP contribution in [-0.2, 0) is 0 Å². The molecule has 1 aliphatic heterocycles. The van der Waals surface area contributed by atoms with Gasteiger partial charge >= 0.3 is 0 Å².